The molecule has 0 aliphatic carbocycles. The topological polar surface area (TPSA) is 119 Å². The molecular weight excluding hydrogens is 270 g/mol. The van der Waals surface area contributed by atoms with E-state index in [1.165, 1.54) is 18.1 Å². The van der Waals surface area contributed by atoms with Crippen molar-refractivity contribution in [2.75, 3.05) is 12.3 Å². The summed E-state index contributed by atoms with van der Waals surface area (Å²) in [6, 6.07) is 0. The molecule has 2 aromatic heterocycles. The Hall–Kier alpha value is -1.42. The monoisotopic (exact) mass is 281 g/mol. The summed E-state index contributed by atoms with van der Waals surface area (Å²) in [7, 11) is 0. The first-order valence-corrected chi connectivity index (χ1v) is 6.68. The third-order valence-electron chi connectivity index (χ3n) is 3.46. The van der Waals surface area contributed by atoms with Crippen LogP contribution >= 0.6 is 11.8 Å². The molecule has 8 nitrogen and oxygen atoms in total. The number of thioether (sulfide) groups is 1. The molecule has 4 unspecified atom stereocenters. The van der Waals surface area contributed by atoms with Gasteiger partial charge in [0.05, 0.1) is 18.0 Å². The van der Waals surface area contributed by atoms with Crippen molar-refractivity contribution in [3.63, 3.8) is 0 Å². The largest absolute Gasteiger partial charge is 0.394 e. The van der Waals surface area contributed by atoms with E-state index in [-0.39, 0.29) is 18.1 Å². The molecule has 100 valence electrons. The summed E-state index contributed by atoms with van der Waals surface area (Å²) in [6.45, 7) is -0.214. The Balaban J connectivity index is 1.86. The van der Waals surface area contributed by atoms with Gasteiger partial charge in [-0.25, -0.2) is 15.0 Å². The normalized spacial score (nSPS) is 32.7. The number of fused-ring (bicyclic) bond motifs is 5. The molecule has 0 amide bonds. The Morgan fingerprint density at radius 2 is 2.32 bits per heavy atom. The van der Waals surface area contributed by atoms with Gasteiger partial charge in [-0.2, -0.15) is 0 Å². The highest BCUT2D eigenvalue weighted by Gasteiger charge is 2.50. The summed E-state index contributed by atoms with van der Waals surface area (Å²) in [5.74, 6) is 0.321. The first-order valence-electron chi connectivity index (χ1n) is 5.80. The average molecular weight is 281 g/mol. The van der Waals surface area contributed by atoms with Gasteiger partial charge in [-0.1, -0.05) is 11.8 Å². The van der Waals surface area contributed by atoms with E-state index in [2.05, 4.69) is 15.0 Å². The van der Waals surface area contributed by atoms with E-state index in [4.69, 9.17) is 10.5 Å². The molecule has 4 heterocycles. The van der Waals surface area contributed by atoms with Gasteiger partial charge in [0.1, 0.15) is 12.4 Å². The van der Waals surface area contributed by atoms with E-state index in [9.17, 15) is 10.2 Å². The third kappa shape index (κ3) is 1.38. The predicted octanol–water partition coefficient (Wildman–Crippen LogP) is -0.867. The first-order chi connectivity index (χ1) is 9.20. The first kappa shape index (κ1) is 11.4. The minimum atomic E-state index is -0.726. The maximum absolute atomic E-state index is 10.1. The molecule has 4 rings (SSSR count). The van der Waals surface area contributed by atoms with E-state index in [0.717, 1.165) is 0 Å². The standard InChI is InChI=1S/C10H11N5O3S/c11-7-4-8(13-2-12-7)15-9-6(19-10(15)14-4)5(17)3(1-16)18-9/h2-3,5-6,9,16-17H,1H2,(H2,11,12,13). The second kappa shape index (κ2) is 3.79. The molecule has 19 heavy (non-hydrogen) atoms. The predicted molar refractivity (Wildman–Crippen MR) is 66.4 cm³/mol. The number of anilines is 1. The number of aliphatic hydroxyl groups excluding tert-OH is 2. The van der Waals surface area contributed by atoms with E-state index < -0.39 is 12.2 Å². The molecule has 2 aliphatic heterocycles. The maximum atomic E-state index is 10.1. The fraction of sp³-hybridized carbons (Fsp3) is 0.500. The Morgan fingerprint density at radius 3 is 3.11 bits per heavy atom. The number of rotatable bonds is 1. The highest BCUT2D eigenvalue weighted by Crippen LogP contribution is 2.49. The molecule has 0 saturated carbocycles. The van der Waals surface area contributed by atoms with Gasteiger partial charge in [0.15, 0.2) is 28.4 Å². The zero-order valence-corrected chi connectivity index (χ0v) is 10.5. The lowest BCUT2D eigenvalue weighted by Gasteiger charge is -2.12. The quantitative estimate of drug-likeness (QED) is 0.617. The summed E-state index contributed by atoms with van der Waals surface area (Å²) < 4.78 is 7.49. The number of aromatic nitrogens is 4. The molecule has 4 atom stereocenters. The molecule has 9 heteroatoms. The zero-order valence-electron chi connectivity index (χ0n) is 9.67. The number of ether oxygens (including phenoxy) is 1. The van der Waals surface area contributed by atoms with E-state index in [1.54, 1.807) is 0 Å². The lowest BCUT2D eigenvalue weighted by molar-refractivity contribution is -0.0448. The number of nitrogen functional groups attached to an aromatic ring is 1. The summed E-state index contributed by atoms with van der Waals surface area (Å²) >= 11 is 1.41. The number of aliphatic hydroxyl groups is 2. The van der Waals surface area contributed by atoms with Crippen LogP contribution in [-0.4, -0.2) is 53.8 Å². The molecule has 0 aromatic carbocycles. The van der Waals surface area contributed by atoms with Gasteiger partial charge >= 0.3 is 0 Å². The van der Waals surface area contributed by atoms with Crippen LogP contribution in [0.3, 0.4) is 0 Å². The Bertz CT molecular complexity index is 662. The van der Waals surface area contributed by atoms with Crippen LogP contribution < -0.4 is 5.73 Å². The summed E-state index contributed by atoms with van der Waals surface area (Å²) in [4.78, 5) is 12.5. The average Bonchev–Trinajstić information content (AvgIpc) is 3.00. The van der Waals surface area contributed by atoms with Gasteiger partial charge in [-0.15, -0.1) is 0 Å². The van der Waals surface area contributed by atoms with Crippen molar-refractivity contribution >= 4 is 28.7 Å². The number of imidazole rings is 1. The summed E-state index contributed by atoms with van der Waals surface area (Å²) in [5.41, 5.74) is 6.90. The van der Waals surface area contributed by atoms with Crippen molar-refractivity contribution in [2.24, 2.45) is 0 Å². The minimum Gasteiger partial charge on any atom is -0.394 e. The van der Waals surface area contributed by atoms with Crippen LogP contribution in [0.15, 0.2) is 11.5 Å². The fourth-order valence-corrected chi connectivity index (χ4v) is 3.85. The van der Waals surface area contributed by atoms with Crippen LogP contribution in [0.5, 0.6) is 0 Å². The van der Waals surface area contributed by atoms with Crippen LogP contribution in [0.1, 0.15) is 6.23 Å². The molecule has 0 spiro atoms. The van der Waals surface area contributed by atoms with E-state index in [0.29, 0.717) is 22.1 Å². The van der Waals surface area contributed by atoms with E-state index >= 15 is 0 Å². The van der Waals surface area contributed by atoms with Crippen LogP contribution in [-0.2, 0) is 4.74 Å². The highest BCUT2D eigenvalue weighted by molar-refractivity contribution is 8.00. The van der Waals surface area contributed by atoms with Crippen molar-refractivity contribution in [3.05, 3.63) is 6.33 Å². The molecule has 2 aromatic rings. The Labute approximate surface area is 111 Å². The molecule has 1 saturated heterocycles. The zero-order chi connectivity index (χ0) is 13.1. The fourth-order valence-electron chi connectivity index (χ4n) is 2.54. The number of hydrogen-bond donors (Lipinski definition) is 3. The van der Waals surface area contributed by atoms with Crippen LogP contribution in [0.25, 0.3) is 11.2 Å². The molecule has 0 radical (unpaired) electrons. The molecule has 4 N–H and O–H groups in total. The van der Waals surface area contributed by atoms with Crippen molar-refractivity contribution in [1.82, 2.24) is 19.5 Å². The highest BCUT2D eigenvalue weighted by atomic mass is 32.2. The lowest BCUT2D eigenvalue weighted by atomic mass is 10.2. The number of nitrogens with two attached hydrogens (primary N) is 1. The second-order valence-corrected chi connectivity index (χ2v) is 5.66. The van der Waals surface area contributed by atoms with Crippen LogP contribution in [0, 0.1) is 0 Å². The maximum Gasteiger partial charge on any atom is 0.173 e. The third-order valence-corrected chi connectivity index (χ3v) is 4.74. The van der Waals surface area contributed by atoms with Gasteiger partial charge in [-0.3, -0.25) is 4.57 Å². The van der Waals surface area contributed by atoms with E-state index in [1.807, 2.05) is 4.57 Å². The number of nitrogens with zero attached hydrogens (tertiary/aromatic N) is 4. The van der Waals surface area contributed by atoms with Gasteiger partial charge in [0.25, 0.3) is 0 Å². The number of hydrogen-bond acceptors (Lipinski definition) is 8. The van der Waals surface area contributed by atoms with Gasteiger partial charge in [0, 0.05) is 0 Å². The van der Waals surface area contributed by atoms with Gasteiger partial charge in [-0.05, 0) is 0 Å². The SMILES string of the molecule is Nc1ncnc2c1nc1n2C2OC(CO)C(O)C2S1. The second-order valence-electron chi connectivity index (χ2n) is 4.52. The lowest BCUT2D eigenvalue weighted by Crippen LogP contribution is -2.30. The molecular formula is C10H11N5O3S. The Morgan fingerprint density at radius 1 is 1.47 bits per heavy atom. The smallest absolute Gasteiger partial charge is 0.173 e. The molecule has 1 fully saturated rings. The molecule has 2 aliphatic rings. The van der Waals surface area contributed by atoms with Crippen molar-refractivity contribution in [1.29, 1.82) is 0 Å². The van der Waals surface area contributed by atoms with Crippen molar-refractivity contribution in [3.8, 4) is 0 Å². The van der Waals surface area contributed by atoms with Crippen molar-refractivity contribution in [2.45, 2.75) is 28.8 Å². The molecule has 0 bridgehead atoms. The Kier molecular flexibility index (Phi) is 2.28. The minimum absolute atomic E-state index is 0.180. The van der Waals surface area contributed by atoms with Gasteiger partial charge < -0.3 is 20.7 Å². The summed E-state index contributed by atoms with van der Waals surface area (Å²) in [5, 5.41) is 19.8. The van der Waals surface area contributed by atoms with Crippen LogP contribution in [0.4, 0.5) is 5.82 Å². The van der Waals surface area contributed by atoms with Crippen molar-refractivity contribution < 1.29 is 14.9 Å². The van der Waals surface area contributed by atoms with Gasteiger partial charge in [0.2, 0.25) is 0 Å². The van der Waals surface area contributed by atoms with Crippen LogP contribution in [0.2, 0.25) is 0 Å². The summed E-state index contributed by atoms with van der Waals surface area (Å²) in [6.07, 6.45) is -0.311.